The van der Waals surface area contributed by atoms with Crippen molar-refractivity contribution in [3.05, 3.63) is 59.0 Å². The van der Waals surface area contributed by atoms with Crippen LogP contribution in [0.1, 0.15) is 32.3 Å². The van der Waals surface area contributed by atoms with Crippen LogP contribution in [0.3, 0.4) is 0 Å². The van der Waals surface area contributed by atoms with Gasteiger partial charge >= 0.3 is 0 Å². The molecule has 0 N–H and O–H groups in total. The Kier molecular flexibility index (Phi) is 3.82. The Morgan fingerprint density at radius 3 is 2.76 bits per heavy atom. The lowest BCUT2D eigenvalue weighted by Crippen LogP contribution is -2.33. The van der Waals surface area contributed by atoms with Crippen LogP contribution in [0.25, 0.3) is 0 Å². The summed E-state index contributed by atoms with van der Waals surface area (Å²) in [5.74, 6) is 1.05. The van der Waals surface area contributed by atoms with E-state index in [1.54, 1.807) is 0 Å². The molecule has 3 rings (SSSR count). The molecule has 21 heavy (non-hydrogen) atoms. The number of hydrogen-bond donors (Lipinski definition) is 0. The quantitative estimate of drug-likeness (QED) is 0.844. The van der Waals surface area contributed by atoms with Gasteiger partial charge in [-0.05, 0) is 29.9 Å². The molecule has 0 fully saturated rings. The van der Waals surface area contributed by atoms with E-state index in [1.165, 1.54) is 5.57 Å². The van der Waals surface area contributed by atoms with Gasteiger partial charge in [-0.2, -0.15) is 0 Å². The molecule has 0 radical (unpaired) electrons. The van der Waals surface area contributed by atoms with E-state index in [0.717, 1.165) is 30.6 Å². The molecule has 0 aromatic heterocycles. The normalized spacial score (nSPS) is 21.4. The lowest BCUT2D eigenvalue weighted by Gasteiger charge is -2.30. The fraction of sp³-hybridized carbons (Fsp3) is 0.389. The maximum absolute atomic E-state index is 12.4. The van der Waals surface area contributed by atoms with Crippen molar-refractivity contribution in [2.75, 3.05) is 6.54 Å². The van der Waals surface area contributed by atoms with Gasteiger partial charge in [-0.1, -0.05) is 44.2 Å². The van der Waals surface area contributed by atoms with E-state index in [9.17, 15) is 4.79 Å². The van der Waals surface area contributed by atoms with E-state index in [2.05, 4.69) is 13.8 Å². The Labute approximate surface area is 125 Å². The second kappa shape index (κ2) is 5.76. The van der Waals surface area contributed by atoms with Crippen LogP contribution in [0.15, 0.2) is 53.4 Å². The summed E-state index contributed by atoms with van der Waals surface area (Å²) in [6.45, 7) is 5.64. The van der Waals surface area contributed by atoms with Crippen molar-refractivity contribution < 1.29 is 9.53 Å². The number of rotatable bonds is 4. The molecule has 0 bridgehead atoms. The Hall–Kier alpha value is -2.03. The topological polar surface area (TPSA) is 29.5 Å². The first-order chi connectivity index (χ1) is 10.2. The van der Waals surface area contributed by atoms with Gasteiger partial charge in [0.2, 0.25) is 0 Å². The molecule has 0 saturated carbocycles. The summed E-state index contributed by atoms with van der Waals surface area (Å²) in [6.07, 6.45) is 3.96. The van der Waals surface area contributed by atoms with E-state index < -0.39 is 0 Å². The first-order valence-electron chi connectivity index (χ1n) is 7.64. The standard InChI is InChI=1S/C18H21NO2/c1-3-15-13(2)9-10-19-16(15)11-17(18(19)20)21-12-14-7-5-4-6-8-14/h4-8,11,13H,3,9-10,12H2,1-2H3/t13-/m0/s1. The summed E-state index contributed by atoms with van der Waals surface area (Å²) < 4.78 is 5.76. The SMILES string of the molecule is CCC1=C2C=C(OCc3ccccc3)C(=O)N2CC[C@@H]1C. The van der Waals surface area contributed by atoms with Gasteiger partial charge in [0.25, 0.3) is 5.91 Å². The molecule has 0 spiro atoms. The Bertz CT molecular complexity index is 601. The van der Waals surface area contributed by atoms with Crippen LogP contribution in [0.5, 0.6) is 0 Å². The number of ether oxygens (including phenoxy) is 1. The second-order valence-corrected chi connectivity index (χ2v) is 5.69. The highest BCUT2D eigenvalue weighted by atomic mass is 16.5. The van der Waals surface area contributed by atoms with Crippen molar-refractivity contribution in [1.29, 1.82) is 0 Å². The molecule has 0 aliphatic carbocycles. The molecular formula is C18H21NO2. The third-order valence-electron chi connectivity index (χ3n) is 4.34. The highest BCUT2D eigenvalue weighted by Crippen LogP contribution is 2.35. The van der Waals surface area contributed by atoms with Gasteiger partial charge in [0.05, 0.1) is 0 Å². The molecule has 1 aromatic rings. The summed E-state index contributed by atoms with van der Waals surface area (Å²) in [7, 11) is 0. The van der Waals surface area contributed by atoms with E-state index in [4.69, 9.17) is 4.74 Å². The first-order valence-corrected chi connectivity index (χ1v) is 7.64. The number of benzene rings is 1. The number of carbonyl (C=O) groups excluding carboxylic acids is 1. The average Bonchev–Trinajstić information content (AvgIpc) is 2.83. The predicted octanol–water partition coefficient (Wildman–Crippen LogP) is 3.63. The Morgan fingerprint density at radius 1 is 1.29 bits per heavy atom. The zero-order chi connectivity index (χ0) is 14.8. The van der Waals surface area contributed by atoms with Crippen molar-refractivity contribution in [3.8, 4) is 0 Å². The monoisotopic (exact) mass is 283 g/mol. The van der Waals surface area contributed by atoms with Gasteiger partial charge in [0.1, 0.15) is 6.61 Å². The van der Waals surface area contributed by atoms with Crippen LogP contribution in [-0.2, 0) is 16.1 Å². The van der Waals surface area contributed by atoms with Crippen LogP contribution < -0.4 is 0 Å². The van der Waals surface area contributed by atoms with Crippen molar-refractivity contribution >= 4 is 5.91 Å². The van der Waals surface area contributed by atoms with Crippen LogP contribution in [-0.4, -0.2) is 17.4 Å². The van der Waals surface area contributed by atoms with Gasteiger partial charge < -0.3 is 9.64 Å². The largest absolute Gasteiger partial charge is 0.483 e. The van der Waals surface area contributed by atoms with Crippen LogP contribution in [0, 0.1) is 5.92 Å². The van der Waals surface area contributed by atoms with Crippen molar-refractivity contribution in [1.82, 2.24) is 4.90 Å². The average molecular weight is 283 g/mol. The summed E-state index contributed by atoms with van der Waals surface area (Å²) in [5, 5.41) is 0. The molecule has 2 aliphatic heterocycles. The van der Waals surface area contributed by atoms with Gasteiger partial charge in [-0.15, -0.1) is 0 Å². The molecule has 0 unspecified atom stereocenters. The number of carbonyl (C=O) groups is 1. The molecule has 3 nitrogen and oxygen atoms in total. The molecule has 2 aliphatic rings. The fourth-order valence-corrected chi connectivity index (χ4v) is 3.11. The van der Waals surface area contributed by atoms with Crippen LogP contribution >= 0.6 is 0 Å². The van der Waals surface area contributed by atoms with E-state index >= 15 is 0 Å². The van der Waals surface area contributed by atoms with E-state index in [1.807, 2.05) is 41.3 Å². The Balaban J connectivity index is 1.79. The first kappa shape index (κ1) is 13.9. The number of nitrogens with zero attached hydrogens (tertiary/aromatic N) is 1. The minimum atomic E-state index is 0.0128. The summed E-state index contributed by atoms with van der Waals surface area (Å²) in [5.41, 5.74) is 3.52. The summed E-state index contributed by atoms with van der Waals surface area (Å²) in [6, 6.07) is 9.94. The number of hydrogen-bond acceptors (Lipinski definition) is 2. The zero-order valence-electron chi connectivity index (χ0n) is 12.6. The molecular weight excluding hydrogens is 262 g/mol. The minimum absolute atomic E-state index is 0.0128. The summed E-state index contributed by atoms with van der Waals surface area (Å²) >= 11 is 0. The fourth-order valence-electron chi connectivity index (χ4n) is 3.11. The molecule has 0 saturated heterocycles. The molecule has 1 aromatic carbocycles. The molecule has 110 valence electrons. The van der Waals surface area contributed by atoms with Crippen molar-refractivity contribution in [3.63, 3.8) is 0 Å². The van der Waals surface area contributed by atoms with Gasteiger partial charge in [0, 0.05) is 18.3 Å². The smallest absolute Gasteiger partial charge is 0.293 e. The number of amides is 1. The van der Waals surface area contributed by atoms with E-state index in [-0.39, 0.29) is 5.91 Å². The lowest BCUT2D eigenvalue weighted by atomic mass is 9.90. The molecule has 1 amide bonds. The maximum atomic E-state index is 12.4. The van der Waals surface area contributed by atoms with E-state index in [0.29, 0.717) is 18.3 Å². The number of allylic oxidation sites excluding steroid dienone is 2. The third kappa shape index (κ3) is 2.60. The van der Waals surface area contributed by atoms with Crippen LogP contribution in [0.2, 0.25) is 0 Å². The third-order valence-corrected chi connectivity index (χ3v) is 4.34. The zero-order valence-corrected chi connectivity index (χ0v) is 12.6. The highest BCUT2D eigenvalue weighted by molar-refractivity contribution is 5.97. The minimum Gasteiger partial charge on any atom is -0.483 e. The maximum Gasteiger partial charge on any atom is 0.293 e. The van der Waals surface area contributed by atoms with Crippen molar-refractivity contribution in [2.24, 2.45) is 5.92 Å². The van der Waals surface area contributed by atoms with Gasteiger partial charge in [-0.3, -0.25) is 4.79 Å². The number of fused-ring (bicyclic) bond motifs is 1. The molecule has 3 heteroatoms. The molecule has 1 atom stereocenters. The summed E-state index contributed by atoms with van der Waals surface area (Å²) in [4.78, 5) is 14.3. The lowest BCUT2D eigenvalue weighted by molar-refractivity contribution is -0.128. The van der Waals surface area contributed by atoms with Crippen molar-refractivity contribution in [2.45, 2.75) is 33.3 Å². The van der Waals surface area contributed by atoms with Crippen LogP contribution in [0.4, 0.5) is 0 Å². The van der Waals surface area contributed by atoms with Gasteiger partial charge in [0.15, 0.2) is 5.76 Å². The second-order valence-electron chi connectivity index (χ2n) is 5.69. The van der Waals surface area contributed by atoms with Gasteiger partial charge in [-0.25, -0.2) is 0 Å². The predicted molar refractivity (Wildman–Crippen MR) is 82.1 cm³/mol. The Morgan fingerprint density at radius 2 is 2.05 bits per heavy atom. The molecule has 2 heterocycles. The highest BCUT2D eigenvalue weighted by Gasteiger charge is 2.35.